The molecule has 1 aromatic carbocycles. The van der Waals surface area contributed by atoms with E-state index >= 15 is 0 Å². The summed E-state index contributed by atoms with van der Waals surface area (Å²) in [7, 11) is 2.21. The minimum atomic E-state index is 0.500. The van der Waals surface area contributed by atoms with Crippen LogP contribution in [0.5, 0.6) is 0 Å². The Morgan fingerprint density at radius 2 is 1.71 bits per heavy atom. The fraction of sp³-hybridized carbons (Fsp3) is 0.389. The van der Waals surface area contributed by atoms with Gasteiger partial charge in [0.1, 0.15) is 11.5 Å². The SMILES string of the molecule is CC.CF.COC1=C(N=Cc2ccccc2)C=C(C)CC1. The molecule has 21 heavy (non-hydrogen) atoms. The van der Waals surface area contributed by atoms with Crippen LogP contribution in [0.1, 0.15) is 39.2 Å². The minimum absolute atomic E-state index is 0.500. The Kier molecular flexibility index (Phi) is 10.8. The Balaban J connectivity index is 0.000000921. The molecule has 0 amide bonds. The number of nitrogens with zero attached hydrogens (tertiary/aromatic N) is 1. The summed E-state index contributed by atoms with van der Waals surface area (Å²) in [6, 6.07) is 10.1. The van der Waals surface area contributed by atoms with Crippen LogP contribution in [-0.2, 0) is 4.74 Å². The lowest BCUT2D eigenvalue weighted by Gasteiger charge is -2.14. The summed E-state index contributed by atoms with van der Waals surface area (Å²) in [5.41, 5.74) is 3.40. The van der Waals surface area contributed by atoms with Crippen molar-refractivity contribution in [2.45, 2.75) is 33.6 Å². The second-order valence-corrected chi connectivity index (χ2v) is 4.17. The summed E-state index contributed by atoms with van der Waals surface area (Å²) >= 11 is 0. The largest absolute Gasteiger partial charge is 0.499 e. The predicted octanol–water partition coefficient (Wildman–Crippen LogP) is 5.32. The van der Waals surface area contributed by atoms with E-state index in [1.165, 1.54) is 5.57 Å². The van der Waals surface area contributed by atoms with Crippen LogP contribution in [0.25, 0.3) is 0 Å². The van der Waals surface area contributed by atoms with Gasteiger partial charge in [-0.2, -0.15) is 0 Å². The Bertz CT molecular complexity index is 475. The van der Waals surface area contributed by atoms with Crippen LogP contribution in [-0.4, -0.2) is 20.5 Å². The van der Waals surface area contributed by atoms with Crippen molar-refractivity contribution < 1.29 is 9.13 Å². The number of aliphatic imine (C=N–C) groups is 1. The summed E-state index contributed by atoms with van der Waals surface area (Å²) in [6.45, 7) is 6.13. The molecule has 1 aromatic rings. The third-order valence-corrected chi connectivity index (χ3v) is 2.81. The molecular formula is C18H26FNO. The molecule has 116 valence electrons. The number of methoxy groups -OCH3 is 1. The highest BCUT2D eigenvalue weighted by Crippen LogP contribution is 2.24. The fourth-order valence-corrected chi connectivity index (χ4v) is 1.82. The van der Waals surface area contributed by atoms with Crippen molar-refractivity contribution >= 4 is 6.21 Å². The monoisotopic (exact) mass is 291 g/mol. The molecule has 0 saturated carbocycles. The van der Waals surface area contributed by atoms with Crippen LogP contribution in [0.2, 0.25) is 0 Å². The van der Waals surface area contributed by atoms with Gasteiger partial charge < -0.3 is 4.74 Å². The van der Waals surface area contributed by atoms with Gasteiger partial charge in [0, 0.05) is 12.6 Å². The predicted molar refractivity (Wildman–Crippen MR) is 89.4 cm³/mol. The molecule has 0 atom stereocenters. The van der Waals surface area contributed by atoms with Crippen LogP contribution < -0.4 is 0 Å². The van der Waals surface area contributed by atoms with Gasteiger partial charge in [-0.15, -0.1) is 0 Å². The fourth-order valence-electron chi connectivity index (χ4n) is 1.82. The number of ether oxygens (including phenoxy) is 1. The van der Waals surface area contributed by atoms with Crippen molar-refractivity contribution in [3.05, 3.63) is 59.0 Å². The topological polar surface area (TPSA) is 21.6 Å². The first-order valence-electron chi connectivity index (χ1n) is 7.21. The normalized spacial score (nSPS) is 13.7. The number of rotatable bonds is 3. The maximum atomic E-state index is 9.50. The van der Waals surface area contributed by atoms with E-state index in [0.717, 1.165) is 29.9 Å². The zero-order valence-electron chi connectivity index (χ0n) is 13.7. The van der Waals surface area contributed by atoms with E-state index in [1.807, 2.05) is 50.4 Å². The lowest BCUT2D eigenvalue weighted by molar-refractivity contribution is 0.271. The van der Waals surface area contributed by atoms with Crippen LogP contribution >= 0.6 is 0 Å². The van der Waals surface area contributed by atoms with Gasteiger partial charge in [0.25, 0.3) is 0 Å². The number of hydrogen-bond acceptors (Lipinski definition) is 2. The molecule has 0 aliphatic heterocycles. The molecule has 0 N–H and O–H groups in total. The van der Waals surface area contributed by atoms with E-state index in [1.54, 1.807) is 7.11 Å². The van der Waals surface area contributed by atoms with E-state index in [9.17, 15) is 4.39 Å². The van der Waals surface area contributed by atoms with Gasteiger partial charge in [-0.25, -0.2) is 0 Å². The number of alkyl halides is 1. The first-order valence-corrected chi connectivity index (χ1v) is 7.21. The molecule has 1 aliphatic carbocycles. The summed E-state index contributed by atoms with van der Waals surface area (Å²) < 4.78 is 14.9. The van der Waals surface area contributed by atoms with E-state index in [-0.39, 0.29) is 0 Å². The molecule has 0 unspecified atom stereocenters. The van der Waals surface area contributed by atoms with Crippen molar-refractivity contribution in [1.82, 2.24) is 0 Å². The smallest absolute Gasteiger partial charge is 0.121 e. The van der Waals surface area contributed by atoms with Gasteiger partial charge in [0.15, 0.2) is 0 Å². The van der Waals surface area contributed by atoms with E-state index in [4.69, 9.17) is 4.74 Å². The van der Waals surface area contributed by atoms with Crippen molar-refractivity contribution in [3.63, 3.8) is 0 Å². The Morgan fingerprint density at radius 3 is 2.29 bits per heavy atom. The molecular weight excluding hydrogens is 265 g/mol. The van der Waals surface area contributed by atoms with Crippen molar-refractivity contribution in [3.8, 4) is 0 Å². The number of hydrogen-bond donors (Lipinski definition) is 0. The molecule has 0 aromatic heterocycles. The second kappa shape index (κ2) is 11.9. The average molecular weight is 291 g/mol. The molecule has 0 bridgehead atoms. The Morgan fingerprint density at radius 1 is 1.10 bits per heavy atom. The quantitative estimate of drug-likeness (QED) is 0.691. The highest BCUT2D eigenvalue weighted by atomic mass is 19.1. The van der Waals surface area contributed by atoms with Crippen LogP contribution in [0.4, 0.5) is 4.39 Å². The van der Waals surface area contributed by atoms with Gasteiger partial charge >= 0.3 is 0 Å². The maximum Gasteiger partial charge on any atom is 0.121 e. The lowest BCUT2D eigenvalue weighted by Crippen LogP contribution is -1.99. The molecule has 3 heteroatoms. The summed E-state index contributed by atoms with van der Waals surface area (Å²) in [4.78, 5) is 4.51. The molecule has 0 heterocycles. The Hall–Kier alpha value is -1.90. The van der Waals surface area contributed by atoms with Crippen molar-refractivity contribution in [2.75, 3.05) is 14.3 Å². The third kappa shape index (κ3) is 6.89. The molecule has 2 rings (SSSR count). The van der Waals surface area contributed by atoms with Gasteiger partial charge in [0.05, 0.1) is 14.3 Å². The van der Waals surface area contributed by atoms with Gasteiger partial charge in [-0.3, -0.25) is 9.38 Å². The molecule has 1 aliphatic rings. The third-order valence-electron chi connectivity index (χ3n) is 2.81. The van der Waals surface area contributed by atoms with Crippen LogP contribution in [0, 0.1) is 0 Å². The van der Waals surface area contributed by atoms with Crippen molar-refractivity contribution in [1.29, 1.82) is 0 Å². The van der Waals surface area contributed by atoms with E-state index < -0.39 is 0 Å². The molecule has 2 nitrogen and oxygen atoms in total. The Labute approximate surface area is 128 Å². The first-order chi connectivity index (χ1) is 10.3. The van der Waals surface area contributed by atoms with Gasteiger partial charge in [-0.1, -0.05) is 49.8 Å². The van der Waals surface area contributed by atoms with Crippen molar-refractivity contribution in [2.24, 2.45) is 4.99 Å². The van der Waals surface area contributed by atoms with Gasteiger partial charge in [0.2, 0.25) is 0 Å². The average Bonchev–Trinajstić information content (AvgIpc) is 2.58. The molecule has 0 spiro atoms. The molecule has 0 fully saturated rings. The number of allylic oxidation sites excluding steroid dienone is 3. The number of halogens is 1. The zero-order chi connectivity index (χ0) is 16.1. The minimum Gasteiger partial charge on any atom is -0.499 e. The summed E-state index contributed by atoms with van der Waals surface area (Å²) in [5, 5.41) is 0. The standard InChI is InChI=1S/C15H17NO.C2H6.CH3F/c1-12-8-9-15(17-2)14(10-12)16-11-13-6-4-3-5-7-13;2*1-2/h3-7,10-11H,8-9H2,1-2H3;1-2H3;1H3. The summed E-state index contributed by atoms with van der Waals surface area (Å²) in [6.07, 6.45) is 5.99. The van der Waals surface area contributed by atoms with Gasteiger partial charge in [-0.05, 0) is 25.0 Å². The number of benzene rings is 1. The highest BCUT2D eigenvalue weighted by molar-refractivity contribution is 5.80. The molecule has 0 radical (unpaired) electrons. The van der Waals surface area contributed by atoms with Crippen LogP contribution in [0.3, 0.4) is 0 Å². The lowest BCUT2D eigenvalue weighted by atomic mass is 10.0. The van der Waals surface area contributed by atoms with Crippen LogP contribution in [0.15, 0.2) is 58.4 Å². The first kappa shape index (κ1) is 19.1. The highest BCUT2D eigenvalue weighted by Gasteiger charge is 2.10. The summed E-state index contributed by atoms with van der Waals surface area (Å²) in [5.74, 6) is 0.975. The maximum absolute atomic E-state index is 9.50. The second-order valence-electron chi connectivity index (χ2n) is 4.17. The zero-order valence-corrected chi connectivity index (χ0v) is 13.7. The molecule has 0 saturated heterocycles. The van der Waals surface area contributed by atoms with E-state index in [0.29, 0.717) is 7.18 Å². The van der Waals surface area contributed by atoms with E-state index in [2.05, 4.69) is 18.0 Å².